The van der Waals surface area contributed by atoms with Crippen LogP contribution in [-0.2, 0) is 19.6 Å². The Hall–Kier alpha value is -3.37. The standard InChI is InChI=1S/C19H18N2O7S/c1-3-28-18-16(10-12-4-7-14(27-2)11-17(12)22)19(23)21(20-18)13-5-8-15(9-6-13)29(24,25)26/h4-11,22H,3H2,1-2H3,(H,24,25,26)/b16-10-. The average molecular weight is 418 g/mol. The molecular formula is C19H18N2O7S. The SMILES string of the molecule is CCOC1=NN(c2ccc(S(=O)(=O)O)cc2)C(=O)/C1=C\c1ccc(OC)cc1O. The number of phenols is 1. The van der Waals surface area contributed by atoms with Crippen LogP contribution < -0.4 is 9.75 Å². The number of anilines is 1. The molecule has 0 fully saturated rings. The lowest BCUT2D eigenvalue weighted by molar-refractivity contribution is -0.114. The van der Waals surface area contributed by atoms with Crippen molar-refractivity contribution in [1.29, 1.82) is 0 Å². The van der Waals surface area contributed by atoms with Gasteiger partial charge in [-0.05, 0) is 49.4 Å². The molecule has 152 valence electrons. The molecule has 0 saturated heterocycles. The molecule has 0 atom stereocenters. The molecule has 0 bridgehead atoms. The predicted molar refractivity (Wildman–Crippen MR) is 105 cm³/mol. The van der Waals surface area contributed by atoms with Gasteiger partial charge in [0.2, 0.25) is 5.90 Å². The van der Waals surface area contributed by atoms with Crippen molar-refractivity contribution in [3.63, 3.8) is 0 Å². The Labute approximate surface area is 167 Å². The van der Waals surface area contributed by atoms with E-state index < -0.39 is 16.0 Å². The van der Waals surface area contributed by atoms with Crippen molar-refractivity contribution < 1.29 is 32.3 Å². The number of aromatic hydroxyl groups is 1. The lowest BCUT2D eigenvalue weighted by Gasteiger charge is -2.11. The maximum Gasteiger partial charge on any atom is 0.294 e. The Balaban J connectivity index is 1.98. The van der Waals surface area contributed by atoms with E-state index in [0.29, 0.717) is 11.3 Å². The van der Waals surface area contributed by atoms with Crippen LogP contribution in [0.2, 0.25) is 0 Å². The first-order valence-electron chi connectivity index (χ1n) is 8.47. The third kappa shape index (κ3) is 4.23. The number of carbonyl (C=O) groups is 1. The largest absolute Gasteiger partial charge is 0.507 e. The van der Waals surface area contributed by atoms with E-state index in [-0.39, 0.29) is 34.4 Å². The minimum Gasteiger partial charge on any atom is -0.507 e. The molecule has 3 rings (SSSR count). The number of carbonyl (C=O) groups excluding carboxylic acids is 1. The van der Waals surface area contributed by atoms with Crippen LogP contribution >= 0.6 is 0 Å². The van der Waals surface area contributed by atoms with Crippen LogP contribution in [0.5, 0.6) is 11.5 Å². The van der Waals surface area contributed by atoms with Gasteiger partial charge in [-0.1, -0.05) is 0 Å². The molecule has 0 aromatic heterocycles. The highest BCUT2D eigenvalue weighted by Gasteiger charge is 2.33. The fraction of sp³-hybridized carbons (Fsp3) is 0.158. The van der Waals surface area contributed by atoms with Gasteiger partial charge in [-0.25, -0.2) is 0 Å². The monoisotopic (exact) mass is 418 g/mol. The number of phenolic OH excluding ortho intramolecular Hbond substituents is 1. The van der Waals surface area contributed by atoms with Crippen LogP contribution in [0.4, 0.5) is 5.69 Å². The normalized spacial score (nSPS) is 15.6. The van der Waals surface area contributed by atoms with Crippen molar-refractivity contribution in [3.05, 3.63) is 53.6 Å². The number of benzene rings is 2. The van der Waals surface area contributed by atoms with Gasteiger partial charge in [-0.15, -0.1) is 5.10 Å². The van der Waals surface area contributed by atoms with E-state index in [1.54, 1.807) is 19.1 Å². The fourth-order valence-electron chi connectivity index (χ4n) is 2.62. The molecule has 0 saturated carbocycles. The lowest BCUT2D eigenvalue weighted by Crippen LogP contribution is -2.21. The van der Waals surface area contributed by atoms with Gasteiger partial charge in [-0.3, -0.25) is 9.35 Å². The molecule has 1 aliphatic rings. The summed E-state index contributed by atoms with van der Waals surface area (Å²) in [6.07, 6.45) is 1.44. The third-order valence-electron chi connectivity index (χ3n) is 4.04. The number of nitrogens with zero attached hydrogens (tertiary/aromatic N) is 2. The maximum absolute atomic E-state index is 12.9. The second-order valence-electron chi connectivity index (χ2n) is 5.91. The van der Waals surface area contributed by atoms with Crippen molar-refractivity contribution in [3.8, 4) is 11.5 Å². The van der Waals surface area contributed by atoms with E-state index in [2.05, 4.69) is 5.10 Å². The molecule has 29 heavy (non-hydrogen) atoms. The van der Waals surface area contributed by atoms with Gasteiger partial charge in [0.1, 0.15) is 17.1 Å². The summed E-state index contributed by atoms with van der Waals surface area (Å²) in [6, 6.07) is 9.62. The molecule has 1 heterocycles. The first-order valence-corrected chi connectivity index (χ1v) is 9.91. The Morgan fingerprint density at radius 1 is 1.17 bits per heavy atom. The summed E-state index contributed by atoms with van der Waals surface area (Å²) in [5, 5.41) is 15.4. The van der Waals surface area contributed by atoms with E-state index in [1.165, 1.54) is 31.4 Å². The van der Waals surface area contributed by atoms with E-state index in [1.807, 2.05) is 0 Å². The van der Waals surface area contributed by atoms with Crippen molar-refractivity contribution >= 4 is 33.7 Å². The highest BCUT2D eigenvalue weighted by Crippen LogP contribution is 2.30. The van der Waals surface area contributed by atoms with E-state index >= 15 is 0 Å². The first-order chi connectivity index (χ1) is 13.7. The molecule has 10 heteroatoms. The summed E-state index contributed by atoms with van der Waals surface area (Å²) in [7, 11) is -2.88. The van der Waals surface area contributed by atoms with Gasteiger partial charge in [0.25, 0.3) is 16.0 Å². The van der Waals surface area contributed by atoms with Crippen molar-refractivity contribution in [1.82, 2.24) is 0 Å². The first kappa shape index (κ1) is 20.4. The summed E-state index contributed by atoms with van der Waals surface area (Å²) < 4.78 is 41.9. The summed E-state index contributed by atoms with van der Waals surface area (Å²) in [4.78, 5) is 12.6. The van der Waals surface area contributed by atoms with E-state index in [0.717, 1.165) is 17.1 Å². The van der Waals surface area contributed by atoms with Gasteiger partial charge in [0, 0.05) is 11.6 Å². The molecule has 1 aliphatic heterocycles. The van der Waals surface area contributed by atoms with Crippen LogP contribution in [-0.4, -0.2) is 43.6 Å². The van der Waals surface area contributed by atoms with Crippen LogP contribution in [0.1, 0.15) is 12.5 Å². The second kappa shape index (κ2) is 7.94. The topological polar surface area (TPSA) is 126 Å². The highest BCUT2D eigenvalue weighted by atomic mass is 32.2. The number of methoxy groups -OCH3 is 1. The zero-order valence-electron chi connectivity index (χ0n) is 15.6. The van der Waals surface area contributed by atoms with Gasteiger partial charge >= 0.3 is 0 Å². The Bertz CT molecular complexity index is 1110. The van der Waals surface area contributed by atoms with Gasteiger partial charge in [0.05, 0.1) is 24.3 Å². The van der Waals surface area contributed by atoms with Crippen LogP contribution in [0.15, 0.2) is 58.0 Å². The van der Waals surface area contributed by atoms with Gasteiger partial charge in [-0.2, -0.15) is 13.4 Å². The van der Waals surface area contributed by atoms with E-state index in [9.17, 15) is 18.3 Å². The number of hydrogen-bond donors (Lipinski definition) is 2. The highest BCUT2D eigenvalue weighted by molar-refractivity contribution is 7.85. The number of hydrazone groups is 1. The molecule has 0 aliphatic carbocycles. The van der Waals surface area contributed by atoms with Crippen molar-refractivity contribution in [2.75, 3.05) is 18.7 Å². The molecule has 0 unspecified atom stereocenters. The number of ether oxygens (including phenoxy) is 2. The Morgan fingerprint density at radius 3 is 2.41 bits per heavy atom. The minimum absolute atomic E-state index is 0.0616. The van der Waals surface area contributed by atoms with Crippen LogP contribution in [0.3, 0.4) is 0 Å². The number of rotatable bonds is 5. The fourth-order valence-corrected chi connectivity index (χ4v) is 3.10. The second-order valence-corrected chi connectivity index (χ2v) is 7.33. The van der Waals surface area contributed by atoms with Crippen molar-refractivity contribution in [2.45, 2.75) is 11.8 Å². The summed E-state index contributed by atoms with van der Waals surface area (Å²) >= 11 is 0. The molecular weight excluding hydrogens is 400 g/mol. The van der Waals surface area contributed by atoms with Gasteiger partial charge in [0.15, 0.2) is 0 Å². The average Bonchev–Trinajstić information content (AvgIpc) is 2.99. The van der Waals surface area contributed by atoms with Crippen LogP contribution in [0, 0.1) is 0 Å². The Kier molecular flexibility index (Phi) is 5.57. The zero-order valence-corrected chi connectivity index (χ0v) is 16.4. The molecule has 2 N–H and O–H groups in total. The predicted octanol–water partition coefficient (Wildman–Crippen LogP) is 2.43. The number of amides is 1. The van der Waals surface area contributed by atoms with E-state index in [4.69, 9.17) is 14.0 Å². The minimum atomic E-state index is -4.35. The molecule has 2 aromatic carbocycles. The van der Waals surface area contributed by atoms with Gasteiger partial charge < -0.3 is 14.6 Å². The maximum atomic E-state index is 12.9. The lowest BCUT2D eigenvalue weighted by atomic mass is 10.1. The van der Waals surface area contributed by atoms with Crippen LogP contribution in [0.25, 0.3) is 6.08 Å². The molecule has 1 amide bonds. The smallest absolute Gasteiger partial charge is 0.294 e. The molecule has 0 radical (unpaired) electrons. The summed E-state index contributed by atoms with van der Waals surface area (Å²) in [5.74, 6) is -0.0899. The molecule has 0 spiro atoms. The number of hydrogen-bond acceptors (Lipinski definition) is 7. The summed E-state index contributed by atoms with van der Waals surface area (Å²) in [5.41, 5.74) is 0.762. The molecule has 2 aromatic rings. The molecule has 9 nitrogen and oxygen atoms in total. The quantitative estimate of drug-likeness (QED) is 0.564. The zero-order chi connectivity index (χ0) is 21.2. The summed E-state index contributed by atoms with van der Waals surface area (Å²) in [6.45, 7) is 1.99. The van der Waals surface area contributed by atoms with Crippen molar-refractivity contribution in [2.24, 2.45) is 5.10 Å². The Morgan fingerprint density at radius 2 is 1.86 bits per heavy atom. The third-order valence-corrected chi connectivity index (χ3v) is 4.91.